The molecule has 4 rings (SSSR count). The molecular weight excluding hydrogens is 348 g/mol. The van der Waals surface area contributed by atoms with Crippen molar-refractivity contribution in [2.24, 2.45) is 11.8 Å². The Bertz CT molecular complexity index is 773. The third-order valence-electron chi connectivity index (χ3n) is 5.99. The second kappa shape index (κ2) is 8.78. The van der Waals surface area contributed by atoms with Crippen LogP contribution >= 0.6 is 0 Å². The van der Waals surface area contributed by atoms with Gasteiger partial charge in [0.2, 0.25) is 5.91 Å². The summed E-state index contributed by atoms with van der Waals surface area (Å²) in [5.74, 6) is 2.38. The van der Waals surface area contributed by atoms with E-state index in [1.165, 1.54) is 12.0 Å². The molecule has 1 saturated heterocycles. The molecule has 3 atom stereocenters. The largest absolute Gasteiger partial charge is 0.489 e. The lowest BCUT2D eigenvalue weighted by molar-refractivity contribution is -0.134. The van der Waals surface area contributed by atoms with Crippen molar-refractivity contribution in [3.8, 4) is 5.75 Å². The van der Waals surface area contributed by atoms with Crippen LogP contribution in [0.1, 0.15) is 36.3 Å². The van der Waals surface area contributed by atoms with Gasteiger partial charge >= 0.3 is 0 Å². The number of nitrogens with zero attached hydrogens (tertiary/aromatic N) is 1. The van der Waals surface area contributed by atoms with Crippen molar-refractivity contribution >= 4 is 5.91 Å². The maximum absolute atomic E-state index is 12.9. The summed E-state index contributed by atoms with van der Waals surface area (Å²) in [7, 11) is 1.99. The first kappa shape index (κ1) is 19.0. The lowest BCUT2D eigenvalue weighted by Crippen LogP contribution is -2.43. The van der Waals surface area contributed by atoms with Gasteiger partial charge in [0.05, 0.1) is 0 Å². The van der Waals surface area contributed by atoms with E-state index in [0.29, 0.717) is 24.3 Å². The number of carbonyl (C=O) groups excluding carboxylic acids is 1. The van der Waals surface area contributed by atoms with E-state index in [1.54, 1.807) is 0 Å². The minimum absolute atomic E-state index is 0.171. The molecule has 4 heteroatoms. The summed E-state index contributed by atoms with van der Waals surface area (Å²) in [5, 5.41) is 3.25. The lowest BCUT2D eigenvalue weighted by atomic mass is 9.97. The van der Waals surface area contributed by atoms with Crippen LogP contribution in [0, 0.1) is 11.8 Å². The van der Waals surface area contributed by atoms with E-state index in [1.807, 2.05) is 37.4 Å². The van der Waals surface area contributed by atoms with Crippen molar-refractivity contribution in [2.45, 2.75) is 31.8 Å². The first-order valence-corrected chi connectivity index (χ1v) is 10.4. The van der Waals surface area contributed by atoms with E-state index < -0.39 is 0 Å². The summed E-state index contributed by atoms with van der Waals surface area (Å²) >= 11 is 0. The molecule has 28 heavy (non-hydrogen) atoms. The average molecular weight is 379 g/mol. The summed E-state index contributed by atoms with van der Waals surface area (Å²) < 4.78 is 5.87. The number of piperidine rings is 1. The van der Waals surface area contributed by atoms with Crippen molar-refractivity contribution in [3.05, 3.63) is 65.7 Å². The van der Waals surface area contributed by atoms with Crippen LogP contribution in [0.2, 0.25) is 0 Å². The average Bonchev–Trinajstić information content (AvgIpc) is 3.54. The van der Waals surface area contributed by atoms with E-state index >= 15 is 0 Å². The maximum atomic E-state index is 12.9. The lowest BCUT2D eigenvalue weighted by Gasteiger charge is -2.33. The molecular formula is C24H30N2O2. The van der Waals surface area contributed by atoms with E-state index in [2.05, 4.69) is 34.5 Å². The summed E-state index contributed by atoms with van der Waals surface area (Å²) in [6.07, 6.45) is 3.34. The fourth-order valence-corrected chi connectivity index (χ4v) is 4.34. The monoisotopic (exact) mass is 378 g/mol. The zero-order chi connectivity index (χ0) is 19.3. The molecule has 4 nitrogen and oxygen atoms in total. The standard InChI is InChI=1S/C24H30N2O2/c1-25-15-19-8-5-13-26(16-19)24(27)23-14-22(23)20-9-11-21(12-10-20)28-17-18-6-3-2-4-7-18/h2-4,6-7,9-12,19,22-23,25H,5,8,13-17H2,1H3. The normalized spacial score (nSPS) is 24.0. The molecule has 148 valence electrons. The molecule has 2 fully saturated rings. The molecule has 0 spiro atoms. The molecule has 0 radical (unpaired) electrons. The molecule has 2 aromatic rings. The Morgan fingerprint density at radius 3 is 2.68 bits per heavy atom. The van der Waals surface area contributed by atoms with Crippen molar-refractivity contribution in [3.63, 3.8) is 0 Å². The Morgan fingerprint density at radius 2 is 1.93 bits per heavy atom. The van der Waals surface area contributed by atoms with Crippen LogP contribution < -0.4 is 10.1 Å². The van der Waals surface area contributed by atoms with Gasteiger partial charge in [-0.1, -0.05) is 42.5 Å². The zero-order valence-electron chi connectivity index (χ0n) is 16.6. The molecule has 1 aliphatic heterocycles. The fourth-order valence-electron chi connectivity index (χ4n) is 4.34. The molecule has 1 heterocycles. The van der Waals surface area contributed by atoms with Gasteiger partial charge in [-0.2, -0.15) is 0 Å². The Hall–Kier alpha value is -2.33. The first-order valence-electron chi connectivity index (χ1n) is 10.4. The topological polar surface area (TPSA) is 41.6 Å². The van der Waals surface area contributed by atoms with E-state index in [9.17, 15) is 4.79 Å². The Balaban J connectivity index is 1.29. The van der Waals surface area contributed by atoms with Crippen molar-refractivity contribution in [1.29, 1.82) is 0 Å². The van der Waals surface area contributed by atoms with Crippen LogP contribution in [0.5, 0.6) is 5.75 Å². The third kappa shape index (κ3) is 4.56. The highest BCUT2D eigenvalue weighted by molar-refractivity contribution is 5.83. The Morgan fingerprint density at radius 1 is 1.14 bits per heavy atom. The molecule has 1 amide bonds. The summed E-state index contributed by atoms with van der Waals surface area (Å²) in [6, 6.07) is 18.5. The van der Waals surface area contributed by atoms with E-state index in [4.69, 9.17) is 4.74 Å². The van der Waals surface area contributed by atoms with E-state index in [0.717, 1.165) is 43.8 Å². The van der Waals surface area contributed by atoms with Crippen LogP contribution in [0.15, 0.2) is 54.6 Å². The number of ether oxygens (including phenoxy) is 1. The molecule has 0 aromatic heterocycles. The van der Waals surface area contributed by atoms with Crippen LogP contribution in [-0.2, 0) is 11.4 Å². The SMILES string of the molecule is CNCC1CCCN(C(=O)C2CC2c2ccc(OCc3ccccc3)cc2)C1. The number of amides is 1. The number of nitrogens with one attached hydrogen (secondary N) is 1. The Kier molecular flexibility index (Phi) is 5.96. The van der Waals surface area contributed by atoms with Gasteiger partial charge in [-0.15, -0.1) is 0 Å². The van der Waals surface area contributed by atoms with Crippen LogP contribution in [-0.4, -0.2) is 37.5 Å². The van der Waals surface area contributed by atoms with Gasteiger partial charge in [0.1, 0.15) is 12.4 Å². The van der Waals surface area contributed by atoms with Gasteiger partial charge in [0, 0.05) is 19.0 Å². The number of hydrogen-bond donors (Lipinski definition) is 1. The minimum Gasteiger partial charge on any atom is -0.489 e. The summed E-state index contributed by atoms with van der Waals surface area (Å²) in [5.41, 5.74) is 2.42. The molecule has 0 bridgehead atoms. The second-order valence-corrected chi connectivity index (χ2v) is 8.14. The second-order valence-electron chi connectivity index (χ2n) is 8.14. The minimum atomic E-state index is 0.171. The highest BCUT2D eigenvalue weighted by Crippen LogP contribution is 2.49. The molecule has 1 N–H and O–H groups in total. The predicted molar refractivity (Wildman–Crippen MR) is 111 cm³/mol. The van der Waals surface area contributed by atoms with Crippen LogP contribution in [0.25, 0.3) is 0 Å². The van der Waals surface area contributed by atoms with E-state index in [-0.39, 0.29) is 5.92 Å². The van der Waals surface area contributed by atoms with Gasteiger partial charge in [-0.25, -0.2) is 0 Å². The summed E-state index contributed by atoms with van der Waals surface area (Å²) in [6.45, 7) is 3.42. The maximum Gasteiger partial charge on any atom is 0.226 e. The zero-order valence-corrected chi connectivity index (χ0v) is 16.6. The van der Waals surface area contributed by atoms with Crippen LogP contribution in [0.3, 0.4) is 0 Å². The molecule has 1 saturated carbocycles. The van der Waals surface area contributed by atoms with Crippen molar-refractivity contribution in [2.75, 3.05) is 26.7 Å². The third-order valence-corrected chi connectivity index (χ3v) is 5.99. The fraction of sp³-hybridized carbons (Fsp3) is 0.458. The van der Waals surface area contributed by atoms with Crippen molar-refractivity contribution in [1.82, 2.24) is 10.2 Å². The predicted octanol–water partition coefficient (Wildman–Crippen LogP) is 3.83. The number of carbonyl (C=O) groups is 1. The first-order chi connectivity index (χ1) is 13.7. The number of rotatable bonds is 7. The number of benzene rings is 2. The molecule has 3 unspecified atom stereocenters. The van der Waals surface area contributed by atoms with Gasteiger partial charge in [0.25, 0.3) is 0 Å². The Labute approximate surface area is 167 Å². The molecule has 2 aliphatic rings. The van der Waals surface area contributed by atoms with Gasteiger partial charge in [-0.3, -0.25) is 4.79 Å². The summed E-state index contributed by atoms with van der Waals surface area (Å²) in [4.78, 5) is 15.0. The van der Waals surface area contributed by atoms with Gasteiger partial charge < -0.3 is 15.0 Å². The van der Waals surface area contributed by atoms with Crippen LogP contribution in [0.4, 0.5) is 0 Å². The molecule has 2 aromatic carbocycles. The van der Waals surface area contributed by atoms with Crippen molar-refractivity contribution < 1.29 is 9.53 Å². The quantitative estimate of drug-likeness (QED) is 0.796. The highest BCUT2D eigenvalue weighted by Gasteiger charge is 2.46. The molecule has 1 aliphatic carbocycles. The van der Waals surface area contributed by atoms with Gasteiger partial charge in [0.15, 0.2) is 0 Å². The number of likely N-dealkylation sites (tertiary alicyclic amines) is 1. The number of hydrogen-bond acceptors (Lipinski definition) is 3. The highest BCUT2D eigenvalue weighted by atomic mass is 16.5. The smallest absolute Gasteiger partial charge is 0.226 e. The van der Waals surface area contributed by atoms with Gasteiger partial charge in [-0.05, 0) is 68.0 Å².